The summed E-state index contributed by atoms with van der Waals surface area (Å²) in [5.74, 6) is -0.665. The summed E-state index contributed by atoms with van der Waals surface area (Å²) in [4.78, 5) is 3.62. The van der Waals surface area contributed by atoms with Gasteiger partial charge in [-0.25, -0.2) is 17.8 Å². The minimum atomic E-state index is -4.15. The minimum absolute atomic E-state index is 0.0817. The van der Waals surface area contributed by atoms with Crippen LogP contribution in [0.5, 0.6) is 5.75 Å². The van der Waals surface area contributed by atoms with Gasteiger partial charge in [0.2, 0.25) is 0 Å². The fourth-order valence-electron chi connectivity index (χ4n) is 2.41. The predicted octanol–water partition coefficient (Wildman–Crippen LogP) is 4.22. The molecule has 0 saturated heterocycles. The van der Waals surface area contributed by atoms with Gasteiger partial charge in [0, 0.05) is 17.3 Å². The maximum Gasteiger partial charge on any atom is 0.264 e. The number of hydrogen-bond acceptors (Lipinski definition) is 5. The highest BCUT2D eigenvalue weighted by Crippen LogP contribution is 2.26. The van der Waals surface area contributed by atoms with E-state index in [1.807, 2.05) is 6.07 Å². The van der Waals surface area contributed by atoms with Crippen LogP contribution in [0.4, 0.5) is 10.1 Å². The van der Waals surface area contributed by atoms with E-state index in [9.17, 15) is 12.8 Å². The van der Waals surface area contributed by atoms with Gasteiger partial charge in [0.15, 0.2) is 0 Å². The summed E-state index contributed by atoms with van der Waals surface area (Å²) < 4.78 is 46.2. The van der Waals surface area contributed by atoms with Crippen molar-refractivity contribution in [1.82, 2.24) is 4.98 Å². The zero-order chi connectivity index (χ0) is 20.3. The van der Waals surface area contributed by atoms with Crippen LogP contribution < -0.4 is 9.46 Å². The first kappa shape index (κ1) is 19.6. The van der Waals surface area contributed by atoms with Gasteiger partial charge in [-0.15, -0.1) is 0 Å². The molecule has 0 aliphatic rings. The topological polar surface area (TPSA) is 92.1 Å². The highest BCUT2D eigenvalue weighted by Gasteiger charge is 2.20. The first-order chi connectivity index (χ1) is 13.3. The van der Waals surface area contributed by atoms with Crippen molar-refractivity contribution in [3.63, 3.8) is 0 Å². The number of halogens is 2. The van der Waals surface area contributed by atoms with E-state index >= 15 is 0 Å². The number of methoxy groups -OCH3 is 1. The highest BCUT2D eigenvalue weighted by atomic mass is 35.5. The van der Waals surface area contributed by atoms with Crippen molar-refractivity contribution in [1.29, 1.82) is 5.26 Å². The lowest BCUT2D eigenvalue weighted by molar-refractivity contribution is 0.411. The average Bonchev–Trinajstić information content (AvgIpc) is 2.68. The van der Waals surface area contributed by atoms with Crippen LogP contribution in [-0.4, -0.2) is 20.5 Å². The Balaban J connectivity index is 1.86. The second kappa shape index (κ2) is 7.84. The molecule has 0 bridgehead atoms. The average molecular weight is 418 g/mol. The molecule has 3 aromatic rings. The van der Waals surface area contributed by atoms with Gasteiger partial charge >= 0.3 is 0 Å². The molecule has 28 heavy (non-hydrogen) atoms. The van der Waals surface area contributed by atoms with Crippen LogP contribution in [0.1, 0.15) is 5.56 Å². The van der Waals surface area contributed by atoms with E-state index in [0.29, 0.717) is 11.3 Å². The van der Waals surface area contributed by atoms with Crippen molar-refractivity contribution in [3.8, 4) is 23.1 Å². The Morgan fingerprint density at radius 3 is 2.46 bits per heavy atom. The summed E-state index contributed by atoms with van der Waals surface area (Å²) in [5, 5.41) is 8.98. The summed E-state index contributed by atoms with van der Waals surface area (Å²) in [6.45, 7) is 0. The number of anilines is 1. The third-order valence-electron chi connectivity index (χ3n) is 3.83. The lowest BCUT2D eigenvalue weighted by atomic mass is 10.1. The number of pyridine rings is 1. The molecule has 0 atom stereocenters. The summed E-state index contributed by atoms with van der Waals surface area (Å²) in [6, 6.07) is 14.9. The third kappa shape index (κ3) is 4.06. The first-order valence-corrected chi connectivity index (χ1v) is 9.73. The molecule has 2 aromatic carbocycles. The van der Waals surface area contributed by atoms with Crippen molar-refractivity contribution in [3.05, 3.63) is 71.1 Å². The summed E-state index contributed by atoms with van der Waals surface area (Å²) in [7, 11) is -2.79. The Labute approximate surface area is 166 Å². The molecule has 1 heterocycles. The molecule has 0 amide bonds. The molecular formula is C19H13ClFN3O3S. The molecule has 0 spiro atoms. The zero-order valence-electron chi connectivity index (χ0n) is 14.5. The molecule has 0 aliphatic carbocycles. The Morgan fingerprint density at radius 2 is 1.86 bits per heavy atom. The van der Waals surface area contributed by atoms with Crippen LogP contribution in [0, 0.1) is 17.1 Å². The fourth-order valence-corrected chi connectivity index (χ4v) is 3.76. The number of rotatable bonds is 5. The Bertz CT molecular complexity index is 1180. The van der Waals surface area contributed by atoms with Gasteiger partial charge < -0.3 is 4.74 Å². The van der Waals surface area contributed by atoms with Crippen molar-refractivity contribution in [2.24, 2.45) is 0 Å². The smallest absolute Gasteiger partial charge is 0.264 e. The van der Waals surface area contributed by atoms with E-state index in [4.69, 9.17) is 21.6 Å². The second-order valence-electron chi connectivity index (χ2n) is 5.63. The van der Waals surface area contributed by atoms with Crippen molar-refractivity contribution < 1.29 is 17.5 Å². The van der Waals surface area contributed by atoms with E-state index in [1.165, 1.54) is 25.3 Å². The molecule has 0 unspecified atom stereocenters. The molecule has 3 rings (SSSR count). The zero-order valence-corrected chi connectivity index (χ0v) is 16.1. The lowest BCUT2D eigenvalue weighted by Crippen LogP contribution is -2.14. The number of benzene rings is 2. The maximum atomic E-state index is 14.0. The van der Waals surface area contributed by atoms with Crippen LogP contribution >= 0.6 is 11.6 Å². The molecule has 1 aromatic heterocycles. The molecule has 0 radical (unpaired) electrons. The van der Waals surface area contributed by atoms with E-state index in [1.54, 1.807) is 24.3 Å². The summed E-state index contributed by atoms with van der Waals surface area (Å²) in [5.41, 5.74) is 1.69. The maximum absolute atomic E-state index is 14.0. The SMILES string of the molecule is COc1ccc(F)c(S(=O)(=O)Nc2ccc(-c3ccc(C#N)c(Cl)n3)cc2)c1. The quantitative estimate of drug-likeness (QED) is 0.627. The molecular weight excluding hydrogens is 405 g/mol. The Kier molecular flexibility index (Phi) is 5.49. The molecule has 6 nitrogen and oxygen atoms in total. The van der Waals surface area contributed by atoms with Gasteiger partial charge in [0.1, 0.15) is 27.7 Å². The second-order valence-corrected chi connectivity index (χ2v) is 7.63. The number of aromatic nitrogens is 1. The lowest BCUT2D eigenvalue weighted by Gasteiger charge is -2.11. The molecule has 0 fully saturated rings. The number of sulfonamides is 1. The predicted molar refractivity (Wildman–Crippen MR) is 103 cm³/mol. The van der Waals surface area contributed by atoms with Crippen LogP contribution in [-0.2, 0) is 10.0 Å². The van der Waals surface area contributed by atoms with E-state index in [2.05, 4.69) is 9.71 Å². The standard InChI is InChI=1S/C19H13ClFN3O3S/c1-27-15-7-8-16(21)18(10-15)28(25,26)24-14-5-2-12(3-6-14)17-9-4-13(11-22)19(20)23-17/h2-10,24H,1H3. The highest BCUT2D eigenvalue weighted by molar-refractivity contribution is 7.92. The summed E-state index contributed by atoms with van der Waals surface area (Å²) in [6.07, 6.45) is 0. The number of hydrogen-bond donors (Lipinski definition) is 1. The van der Waals surface area contributed by atoms with Crippen LogP contribution in [0.15, 0.2) is 59.5 Å². The van der Waals surface area contributed by atoms with Gasteiger partial charge in [-0.3, -0.25) is 4.72 Å². The summed E-state index contributed by atoms with van der Waals surface area (Å²) >= 11 is 5.93. The Hall–Kier alpha value is -3.15. The van der Waals surface area contributed by atoms with E-state index in [-0.39, 0.29) is 22.2 Å². The van der Waals surface area contributed by atoms with Gasteiger partial charge in [-0.1, -0.05) is 23.7 Å². The number of ether oxygens (including phenoxy) is 1. The normalized spacial score (nSPS) is 10.9. The number of nitrogens with zero attached hydrogens (tertiary/aromatic N) is 2. The van der Waals surface area contributed by atoms with E-state index < -0.39 is 20.7 Å². The third-order valence-corrected chi connectivity index (χ3v) is 5.51. The van der Waals surface area contributed by atoms with Crippen LogP contribution in [0.25, 0.3) is 11.3 Å². The van der Waals surface area contributed by atoms with Crippen LogP contribution in [0.3, 0.4) is 0 Å². The monoisotopic (exact) mass is 417 g/mol. The molecule has 0 saturated carbocycles. The minimum Gasteiger partial charge on any atom is -0.497 e. The molecule has 0 aliphatic heterocycles. The van der Waals surface area contributed by atoms with Gasteiger partial charge in [-0.05, 0) is 36.4 Å². The van der Waals surface area contributed by atoms with Gasteiger partial charge in [-0.2, -0.15) is 5.26 Å². The van der Waals surface area contributed by atoms with Crippen LogP contribution in [0.2, 0.25) is 5.15 Å². The van der Waals surface area contributed by atoms with Crippen molar-refractivity contribution >= 4 is 27.3 Å². The van der Waals surface area contributed by atoms with Crippen molar-refractivity contribution in [2.45, 2.75) is 4.90 Å². The molecule has 9 heteroatoms. The van der Waals surface area contributed by atoms with Gasteiger partial charge in [0.05, 0.1) is 18.4 Å². The fraction of sp³-hybridized carbons (Fsp3) is 0.0526. The molecule has 142 valence electrons. The van der Waals surface area contributed by atoms with Crippen molar-refractivity contribution in [2.75, 3.05) is 11.8 Å². The van der Waals surface area contributed by atoms with Gasteiger partial charge in [0.25, 0.3) is 10.0 Å². The van der Waals surface area contributed by atoms with E-state index in [0.717, 1.165) is 12.1 Å². The Morgan fingerprint density at radius 1 is 1.14 bits per heavy atom. The first-order valence-electron chi connectivity index (χ1n) is 7.87. The number of nitrogens with one attached hydrogen (secondary N) is 1. The number of nitriles is 1. The largest absolute Gasteiger partial charge is 0.497 e. The molecule has 1 N–H and O–H groups in total.